The lowest BCUT2D eigenvalue weighted by atomic mass is 10.2. The van der Waals surface area contributed by atoms with E-state index in [9.17, 15) is 4.79 Å². The first-order valence-corrected chi connectivity index (χ1v) is 8.09. The van der Waals surface area contributed by atoms with E-state index in [0.717, 1.165) is 11.3 Å². The summed E-state index contributed by atoms with van der Waals surface area (Å²) in [5.41, 5.74) is 4.68. The maximum absolute atomic E-state index is 11.9. The Labute approximate surface area is 151 Å². The topological polar surface area (TPSA) is 72.0 Å². The molecule has 0 aliphatic rings. The molecule has 0 heterocycles. The number of rotatable bonds is 6. The molecule has 25 heavy (non-hydrogen) atoms. The van der Waals surface area contributed by atoms with E-state index in [4.69, 9.17) is 21.1 Å². The molecule has 6 nitrogen and oxygen atoms in total. The Balaban J connectivity index is 2.05. The van der Waals surface area contributed by atoms with Gasteiger partial charge in [0.05, 0.1) is 25.0 Å². The van der Waals surface area contributed by atoms with Crippen LogP contribution in [-0.2, 0) is 0 Å². The lowest BCUT2D eigenvalue weighted by molar-refractivity contribution is 0.252. The van der Waals surface area contributed by atoms with Crippen molar-refractivity contribution in [1.29, 1.82) is 0 Å². The molecule has 0 saturated heterocycles. The Morgan fingerprint density at radius 2 is 2.04 bits per heavy atom. The van der Waals surface area contributed by atoms with Crippen LogP contribution >= 0.6 is 11.6 Å². The largest absolute Gasteiger partial charge is 0.493 e. The van der Waals surface area contributed by atoms with Crippen molar-refractivity contribution in [1.82, 2.24) is 5.43 Å². The number of carbonyl (C=O) groups is 1. The van der Waals surface area contributed by atoms with E-state index in [-0.39, 0.29) is 0 Å². The molecule has 0 aliphatic carbocycles. The van der Waals surface area contributed by atoms with E-state index in [0.29, 0.717) is 28.7 Å². The number of amides is 2. The minimum Gasteiger partial charge on any atom is -0.493 e. The summed E-state index contributed by atoms with van der Waals surface area (Å²) in [4.78, 5) is 11.9. The summed E-state index contributed by atoms with van der Waals surface area (Å²) in [6.07, 6.45) is 1.45. The number of methoxy groups -OCH3 is 1. The van der Waals surface area contributed by atoms with Gasteiger partial charge in [-0.2, -0.15) is 5.10 Å². The molecule has 7 heteroatoms. The van der Waals surface area contributed by atoms with Crippen molar-refractivity contribution in [2.45, 2.75) is 13.8 Å². The van der Waals surface area contributed by atoms with Crippen molar-refractivity contribution >= 4 is 29.5 Å². The molecular weight excluding hydrogens is 342 g/mol. The highest BCUT2D eigenvalue weighted by Gasteiger charge is 2.09. The van der Waals surface area contributed by atoms with E-state index in [1.54, 1.807) is 19.2 Å². The molecule has 2 amide bonds. The zero-order valence-corrected chi connectivity index (χ0v) is 15.1. The third-order valence-electron chi connectivity index (χ3n) is 3.35. The monoisotopic (exact) mass is 361 g/mol. The number of aryl methyl sites for hydroxylation is 1. The lowest BCUT2D eigenvalue weighted by Gasteiger charge is -2.11. The van der Waals surface area contributed by atoms with Crippen molar-refractivity contribution in [2.24, 2.45) is 5.10 Å². The van der Waals surface area contributed by atoms with Gasteiger partial charge in [-0.3, -0.25) is 0 Å². The van der Waals surface area contributed by atoms with Gasteiger partial charge in [0, 0.05) is 17.3 Å². The Hall–Kier alpha value is -2.73. The smallest absolute Gasteiger partial charge is 0.339 e. The molecule has 0 aliphatic heterocycles. The number of para-hydroxylation sites is 1. The summed E-state index contributed by atoms with van der Waals surface area (Å²) in [6.45, 7) is 4.27. The van der Waals surface area contributed by atoms with E-state index < -0.39 is 6.03 Å². The van der Waals surface area contributed by atoms with Crippen LogP contribution in [0.25, 0.3) is 0 Å². The van der Waals surface area contributed by atoms with Crippen LogP contribution in [-0.4, -0.2) is 26.0 Å². The number of carbonyl (C=O) groups excluding carboxylic acids is 1. The quantitative estimate of drug-likeness (QED) is 0.598. The van der Waals surface area contributed by atoms with Gasteiger partial charge in [0.1, 0.15) is 0 Å². The number of benzene rings is 2. The average molecular weight is 362 g/mol. The van der Waals surface area contributed by atoms with Gasteiger partial charge in [-0.05, 0) is 31.5 Å². The van der Waals surface area contributed by atoms with Crippen molar-refractivity contribution in [3.63, 3.8) is 0 Å². The Kier molecular flexibility index (Phi) is 6.65. The summed E-state index contributed by atoms with van der Waals surface area (Å²) < 4.78 is 10.7. The van der Waals surface area contributed by atoms with Crippen molar-refractivity contribution < 1.29 is 14.3 Å². The van der Waals surface area contributed by atoms with E-state index in [2.05, 4.69) is 15.8 Å². The molecule has 2 aromatic carbocycles. The maximum atomic E-state index is 11.9. The molecule has 0 fully saturated rings. The molecule has 2 rings (SSSR count). The van der Waals surface area contributed by atoms with E-state index >= 15 is 0 Å². The molecule has 0 unspecified atom stereocenters. The molecule has 0 saturated carbocycles. The number of ether oxygens (including phenoxy) is 2. The fourth-order valence-corrected chi connectivity index (χ4v) is 2.30. The minimum absolute atomic E-state index is 0.435. The molecule has 0 radical (unpaired) electrons. The van der Waals surface area contributed by atoms with Gasteiger partial charge in [0.2, 0.25) is 0 Å². The number of nitrogens with zero attached hydrogens (tertiary/aromatic N) is 1. The summed E-state index contributed by atoms with van der Waals surface area (Å²) in [5, 5.41) is 7.07. The van der Waals surface area contributed by atoms with Gasteiger partial charge in [-0.25, -0.2) is 10.2 Å². The van der Waals surface area contributed by atoms with Crippen LogP contribution < -0.4 is 20.2 Å². The summed E-state index contributed by atoms with van der Waals surface area (Å²) >= 11 is 6.19. The highest BCUT2D eigenvalue weighted by atomic mass is 35.5. The third kappa shape index (κ3) is 5.12. The second kappa shape index (κ2) is 8.94. The standard InChI is InChI=1S/C18H20ClN3O3/c1-4-25-17-9-13(14(19)10-16(17)24-3)11-20-22-18(23)21-15-8-6-5-7-12(15)2/h5-11H,4H2,1-3H3,(H2,21,22,23). The first-order valence-electron chi connectivity index (χ1n) is 7.71. The molecular formula is C18H20ClN3O3. The minimum atomic E-state index is -0.444. The van der Waals surface area contributed by atoms with Crippen molar-refractivity contribution in [3.8, 4) is 11.5 Å². The predicted octanol–water partition coefficient (Wildman–Crippen LogP) is 4.21. The number of anilines is 1. The first-order chi connectivity index (χ1) is 12.0. The van der Waals surface area contributed by atoms with Crippen LogP contribution in [0.4, 0.5) is 10.5 Å². The van der Waals surface area contributed by atoms with Crippen LogP contribution in [0.15, 0.2) is 41.5 Å². The van der Waals surface area contributed by atoms with Crippen LogP contribution in [0.1, 0.15) is 18.1 Å². The van der Waals surface area contributed by atoms with Crippen molar-refractivity contribution in [3.05, 3.63) is 52.5 Å². The molecule has 2 aromatic rings. The number of hydrogen-bond donors (Lipinski definition) is 2. The Morgan fingerprint density at radius 3 is 2.72 bits per heavy atom. The second-order valence-electron chi connectivity index (χ2n) is 5.10. The number of urea groups is 1. The van der Waals surface area contributed by atoms with Gasteiger partial charge in [-0.1, -0.05) is 29.8 Å². The molecule has 2 N–H and O–H groups in total. The second-order valence-corrected chi connectivity index (χ2v) is 5.50. The van der Waals surface area contributed by atoms with Crippen LogP contribution in [0, 0.1) is 6.92 Å². The van der Waals surface area contributed by atoms with E-state index in [1.165, 1.54) is 6.21 Å². The molecule has 0 spiro atoms. The van der Waals surface area contributed by atoms with Gasteiger partial charge in [0.25, 0.3) is 0 Å². The molecule has 0 bridgehead atoms. The normalized spacial score (nSPS) is 10.6. The first kappa shape index (κ1) is 18.6. The van der Waals surface area contributed by atoms with Gasteiger partial charge in [-0.15, -0.1) is 0 Å². The van der Waals surface area contributed by atoms with Gasteiger partial charge >= 0.3 is 6.03 Å². The van der Waals surface area contributed by atoms with Gasteiger partial charge in [0.15, 0.2) is 11.5 Å². The summed E-state index contributed by atoms with van der Waals surface area (Å²) in [6, 6.07) is 10.4. The van der Waals surface area contributed by atoms with Crippen LogP contribution in [0.3, 0.4) is 0 Å². The molecule has 0 atom stereocenters. The predicted molar refractivity (Wildman–Crippen MR) is 100 cm³/mol. The number of hydrazone groups is 1. The lowest BCUT2D eigenvalue weighted by Crippen LogP contribution is -2.24. The zero-order valence-electron chi connectivity index (χ0n) is 14.3. The van der Waals surface area contributed by atoms with Gasteiger partial charge < -0.3 is 14.8 Å². The zero-order chi connectivity index (χ0) is 18.2. The van der Waals surface area contributed by atoms with Crippen molar-refractivity contribution in [2.75, 3.05) is 19.0 Å². The number of nitrogens with one attached hydrogen (secondary N) is 2. The molecule has 132 valence electrons. The fraction of sp³-hybridized carbons (Fsp3) is 0.222. The van der Waals surface area contributed by atoms with Crippen LogP contribution in [0.5, 0.6) is 11.5 Å². The Morgan fingerprint density at radius 1 is 1.28 bits per heavy atom. The summed E-state index contributed by atoms with van der Waals surface area (Å²) in [7, 11) is 1.54. The average Bonchev–Trinajstić information content (AvgIpc) is 2.59. The van der Waals surface area contributed by atoms with E-state index in [1.807, 2.05) is 38.1 Å². The van der Waals surface area contributed by atoms with Crippen LogP contribution in [0.2, 0.25) is 5.02 Å². The highest BCUT2D eigenvalue weighted by Crippen LogP contribution is 2.32. The fourth-order valence-electron chi connectivity index (χ4n) is 2.10. The number of hydrogen-bond acceptors (Lipinski definition) is 4. The third-order valence-corrected chi connectivity index (χ3v) is 3.67. The number of halogens is 1. The molecule has 0 aromatic heterocycles. The SMILES string of the molecule is CCOc1cc(C=NNC(=O)Nc2ccccc2C)c(Cl)cc1OC. The maximum Gasteiger partial charge on any atom is 0.339 e. The highest BCUT2D eigenvalue weighted by molar-refractivity contribution is 6.33. The summed E-state index contributed by atoms with van der Waals surface area (Å²) in [5.74, 6) is 1.09. The Bertz CT molecular complexity index is 778.